The minimum atomic E-state index is -1.07. The Hall–Kier alpha value is -2.38. The first-order chi connectivity index (χ1) is 15.1. The van der Waals surface area contributed by atoms with Gasteiger partial charge in [0.25, 0.3) is 0 Å². The van der Waals surface area contributed by atoms with Crippen molar-refractivity contribution in [2.75, 3.05) is 32.8 Å². The Morgan fingerprint density at radius 1 is 1.16 bits per heavy atom. The fourth-order valence-electron chi connectivity index (χ4n) is 4.56. The number of carboxylic acids is 1. The number of hydrogen-bond acceptors (Lipinski definition) is 6. The van der Waals surface area contributed by atoms with E-state index in [1.807, 2.05) is 24.3 Å². The molecule has 2 aromatic rings. The minimum absolute atomic E-state index is 0.0583. The summed E-state index contributed by atoms with van der Waals surface area (Å²) in [6.07, 6.45) is 7.13. The monoisotopic (exact) mass is 427 g/mol. The third-order valence-corrected chi connectivity index (χ3v) is 6.36. The van der Waals surface area contributed by atoms with E-state index in [9.17, 15) is 9.90 Å². The second kappa shape index (κ2) is 10.3. The molecule has 1 aromatic carbocycles. The summed E-state index contributed by atoms with van der Waals surface area (Å²) in [6, 6.07) is 8.22. The lowest BCUT2D eigenvalue weighted by molar-refractivity contribution is 0.0659. The molecule has 2 aliphatic rings. The average Bonchev–Trinajstić information content (AvgIpc) is 3.39. The van der Waals surface area contributed by atoms with Crippen molar-refractivity contribution in [1.29, 1.82) is 0 Å². The zero-order valence-corrected chi connectivity index (χ0v) is 18.4. The fraction of sp³-hybridized carbons (Fsp3) is 0.583. The second-order valence-corrected chi connectivity index (χ2v) is 8.69. The lowest BCUT2D eigenvalue weighted by atomic mass is 10.1. The first-order valence-corrected chi connectivity index (χ1v) is 11.5. The van der Waals surface area contributed by atoms with Crippen LogP contribution in [0.5, 0.6) is 5.75 Å². The predicted molar refractivity (Wildman–Crippen MR) is 118 cm³/mol. The van der Waals surface area contributed by atoms with Crippen LogP contribution in [0.2, 0.25) is 0 Å². The Kier molecular flexibility index (Phi) is 7.25. The smallest absolute Gasteiger partial charge is 0.373 e. The van der Waals surface area contributed by atoms with Crippen molar-refractivity contribution in [1.82, 2.24) is 14.8 Å². The second-order valence-electron chi connectivity index (χ2n) is 8.69. The normalized spacial score (nSPS) is 20.2. The molecule has 31 heavy (non-hydrogen) atoms. The molecule has 1 unspecified atom stereocenters. The van der Waals surface area contributed by atoms with E-state index in [2.05, 4.69) is 21.7 Å². The van der Waals surface area contributed by atoms with Crippen molar-refractivity contribution < 1.29 is 19.1 Å². The summed E-state index contributed by atoms with van der Waals surface area (Å²) in [5.41, 5.74) is 1.26. The molecule has 4 rings (SSSR count). The van der Waals surface area contributed by atoms with Gasteiger partial charge in [-0.15, -0.1) is 0 Å². The molecule has 0 saturated carbocycles. The highest BCUT2D eigenvalue weighted by Crippen LogP contribution is 2.26. The fourth-order valence-corrected chi connectivity index (χ4v) is 4.56. The van der Waals surface area contributed by atoms with Gasteiger partial charge in [-0.05, 0) is 82.9 Å². The summed E-state index contributed by atoms with van der Waals surface area (Å²) in [5.74, 6) is 0.0193. The van der Waals surface area contributed by atoms with Gasteiger partial charge in [0.2, 0.25) is 11.7 Å². The molecule has 0 aliphatic carbocycles. The number of aromatic carboxylic acids is 1. The lowest BCUT2D eigenvalue weighted by Gasteiger charge is -2.25. The molecule has 0 spiro atoms. The van der Waals surface area contributed by atoms with E-state index in [0.717, 1.165) is 50.2 Å². The highest BCUT2D eigenvalue weighted by molar-refractivity contribution is 5.86. The molecule has 168 valence electrons. The molecular formula is C24H33N3O4. The van der Waals surface area contributed by atoms with Crippen LogP contribution in [0.15, 0.2) is 28.7 Å². The lowest BCUT2D eigenvalue weighted by Crippen LogP contribution is -2.29. The Morgan fingerprint density at radius 2 is 1.94 bits per heavy atom. The van der Waals surface area contributed by atoms with Crippen molar-refractivity contribution >= 4 is 5.97 Å². The number of nitrogens with zero attached hydrogens (tertiary/aromatic N) is 3. The van der Waals surface area contributed by atoms with Gasteiger partial charge in [0, 0.05) is 24.7 Å². The van der Waals surface area contributed by atoms with Gasteiger partial charge in [0.05, 0.1) is 6.61 Å². The Bertz CT molecular complexity index is 858. The molecule has 3 heterocycles. The molecule has 0 bridgehead atoms. The number of piperidine rings is 1. The number of likely N-dealkylation sites (tertiary alicyclic amines) is 2. The Balaban J connectivity index is 1.34. The van der Waals surface area contributed by atoms with Gasteiger partial charge in [0.1, 0.15) is 11.4 Å². The van der Waals surface area contributed by atoms with Crippen LogP contribution in [0.3, 0.4) is 0 Å². The van der Waals surface area contributed by atoms with Gasteiger partial charge in [0.15, 0.2) is 0 Å². The molecule has 1 N–H and O–H groups in total. The first-order valence-electron chi connectivity index (χ1n) is 11.5. The summed E-state index contributed by atoms with van der Waals surface area (Å²) in [6.45, 7) is 7.72. The summed E-state index contributed by atoms with van der Waals surface area (Å²) in [5, 5.41) is 9.54. The molecule has 1 atom stereocenters. The van der Waals surface area contributed by atoms with Crippen molar-refractivity contribution in [3.05, 3.63) is 35.7 Å². The average molecular weight is 428 g/mol. The van der Waals surface area contributed by atoms with E-state index in [-0.39, 0.29) is 5.76 Å². The van der Waals surface area contributed by atoms with E-state index < -0.39 is 5.97 Å². The number of ether oxygens (including phenoxy) is 1. The number of oxazole rings is 1. The van der Waals surface area contributed by atoms with Gasteiger partial charge in [-0.1, -0.05) is 6.42 Å². The van der Waals surface area contributed by atoms with E-state index in [0.29, 0.717) is 30.8 Å². The third kappa shape index (κ3) is 5.66. The summed E-state index contributed by atoms with van der Waals surface area (Å²) in [7, 11) is 0. The number of rotatable bonds is 9. The summed E-state index contributed by atoms with van der Waals surface area (Å²) >= 11 is 0. The van der Waals surface area contributed by atoms with Crippen molar-refractivity contribution in [3.63, 3.8) is 0 Å². The van der Waals surface area contributed by atoms with E-state index in [1.165, 1.54) is 25.8 Å². The molecule has 2 saturated heterocycles. The summed E-state index contributed by atoms with van der Waals surface area (Å²) in [4.78, 5) is 20.9. The van der Waals surface area contributed by atoms with E-state index >= 15 is 0 Å². The van der Waals surface area contributed by atoms with Crippen LogP contribution in [-0.2, 0) is 6.54 Å². The maximum absolute atomic E-state index is 11.6. The standard InChI is InChI=1S/C24H33N3O4/c1-18-7-5-14-27(18)15-6-16-30-20-10-8-19(9-11-20)23-25-21(22(31-23)24(28)29)17-26-12-3-2-4-13-26/h8-11,18H,2-7,12-17H2,1H3,(H,28,29). The van der Waals surface area contributed by atoms with Gasteiger partial charge in [-0.2, -0.15) is 0 Å². The molecular weight excluding hydrogens is 394 g/mol. The van der Waals surface area contributed by atoms with Crippen LogP contribution in [-0.4, -0.2) is 64.7 Å². The van der Waals surface area contributed by atoms with Gasteiger partial charge in [-0.3, -0.25) is 4.90 Å². The molecule has 2 fully saturated rings. The van der Waals surface area contributed by atoms with Gasteiger partial charge < -0.3 is 19.2 Å². The number of carbonyl (C=O) groups is 1. The first kappa shape index (κ1) is 21.8. The van der Waals surface area contributed by atoms with Crippen molar-refractivity contribution in [2.24, 2.45) is 0 Å². The Labute approximate surface area is 184 Å². The maximum atomic E-state index is 11.6. The van der Waals surface area contributed by atoms with Crippen LogP contribution < -0.4 is 4.74 Å². The van der Waals surface area contributed by atoms with Crippen molar-refractivity contribution in [2.45, 2.75) is 58.0 Å². The number of hydrogen-bond donors (Lipinski definition) is 1. The number of carboxylic acid groups (broad SMARTS) is 1. The molecule has 7 nitrogen and oxygen atoms in total. The summed E-state index contributed by atoms with van der Waals surface area (Å²) < 4.78 is 11.5. The van der Waals surface area contributed by atoms with Crippen molar-refractivity contribution in [3.8, 4) is 17.2 Å². The van der Waals surface area contributed by atoms with Crippen LogP contribution >= 0.6 is 0 Å². The topological polar surface area (TPSA) is 79.0 Å². The van der Waals surface area contributed by atoms with E-state index in [4.69, 9.17) is 9.15 Å². The van der Waals surface area contributed by atoms with Crippen LogP contribution in [0.4, 0.5) is 0 Å². The highest BCUT2D eigenvalue weighted by Gasteiger charge is 2.23. The molecule has 0 radical (unpaired) electrons. The molecule has 7 heteroatoms. The zero-order valence-electron chi connectivity index (χ0n) is 18.4. The maximum Gasteiger partial charge on any atom is 0.373 e. The van der Waals surface area contributed by atoms with Crippen LogP contribution in [0.1, 0.15) is 61.7 Å². The number of benzene rings is 1. The van der Waals surface area contributed by atoms with Crippen LogP contribution in [0, 0.1) is 0 Å². The van der Waals surface area contributed by atoms with Crippen LogP contribution in [0.25, 0.3) is 11.5 Å². The predicted octanol–water partition coefficient (Wildman–Crippen LogP) is 4.28. The van der Waals surface area contributed by atoms with Gasteiger partial charge >= 0.3 is 5.97 Å². The minimum Gasteiger partial charge on any atom is -0.494 e. The zero-order chi connectivity index (χ0) is 21.6. The van der Waals surface area contributed by atoms with E-state index in [1.54, 1.807) is 0 Å². The SMILES string of the molecule is CC1CCCN1CCCOc1ccc(-c2nc(CN3CCCCC3)c(C(=O)O)o2)cc1. The highest BCUT2D eigenvalue weighted by atomic mass is 16.5. The molecule has 1 aromatic heterocycles. The molecule has 0 amide bonds. The number of aromatic nitrogens is 1. The molecule has 2 aliphatic heterocycles. The Morgan fingerprint density at radius 3 is 2.61 bits per heavy atom. The van der Waals surface area contributed by atoms with Gasteiger partial charge in [-0.25, -0.2) is 9.78 Å². The largest absolute Gasteiger partial charge is 0.494 e. The quantitative estimate of drug-likeness (QED) is 0.598. The third-order valence-electron chi connectivity index (χ3n) is 6.36.